The number of benzene rings is 2. The number of aromatic amines is 1. The van der Waals surface area contributed by atoms with Gasteiger partial charge in [0.15, 0.2) is 0 Å². The molecule has 0 saturated heterocycles. The topological polar surface area (TPSA) is 90.0 Å². The number of aromatic nitrogens is 2. The zero-order valence-electron chi connectivity index (χ0n) is 19.2. The average molecular weight is 508 g/mol. The number of carbonyl (C=O) groups excluding carboxylic acids is 1. The molecule has 36 heavy (non-hydrogen) atoms. The van der Waals surface area contributed by atoms with Crippen LogP contribution >= 0.6 is 0 Å². The van der Waals surface area contributed by atoms with Crippen molar-refractivity contribution in [1.29, 1.82) is 0 Å². The number of fused-ring (bicyclic) bond motifs is 4. The molecule has 3 aliphatic carbocycles. The molecule has 3 saturated carbocycles. The van der Waals surface area contributed by atoms with Gasteiger partial charge in [0, 0.05) is 18.0 Å². The van der Waals surface area contributed by atoms with Gasteiger partial charge in [0.1, 0.15) is 17.5 Å². The molecule has 0 aliphatic heterocycles. The van der Waals surface area contributed by atoms with Crippen LogP contribution in [0.1, 0.15) is 61.5 Å². The number of H-pyrrole nitrogens is 1. The zero-order chi connectivity index (χ0) is 25.7. The van der Waals surface area contributed by atoms with Gasteiger partial charge in [-0.25, -0.2) is 18.6 Å². The summed E-state index contributed by atoms with van der Waals surface area (Å²) in [6.45, 7) is 0. The summed E-state index contributed by atoms with van der Waals surface area (Å²) in [7, 11) is 0. The van der Waals surface area contributed by atoms with Crippen molar-refractivity contribution in [3.05, 3.63) is 65.0 Å². The quantitative estimate of drug-likeness (QED) is 0.354. The number of nitrogens with one attached hydrogen (secondary N) is 3. The third-order valence-electron chi connectivity index (χ3n) is 7.49. The molecule has 4 N–H and O–H groups in total. The van der Waals surface area contributed by atoms with Crippen LogP contribution in [-0.4, -0.2) is 32.2 Å². The van der Waals surface area contributed by atoms with Crippen LogP contribution in [0.15, 0.2) is 36.4 Å². The van der Waals surface area contributed by atoms with Crippen LogP contribution < -0.4 is 10.6 Å². The van der Waals surface area contributed by atoms with Crippen molar-refractivity contribution in [3.63, 3.8) is 0 Å². The summed E-state index contributed by atoms with van der Waals surface area (Å²) in [5.41, 5.74) is -1.51. The molecular formula is C25H25F5N4O2. The van der Waals surface area contributed by atoms with Crippen molar-refractivity contribution >= 4 is 17.1 Å². The first-order chi connectivity index (χ1) is 16.9. The molecule has 2 amide bonds. The molecule has 3 aromatic rings. The lowest BCUT2D eigenvalue weighted by atomic mass is 9.63. The number of nitrogens with zero attached hydrogens (tertiary/aromatic N) is 1. The normalized spacial score (nSPS) is 24.6. The lowest BCUT2D eigenvalue weighted by Gasteiger charge is -2.51. The largest absolute Gasteiger partial charge is 0.416 e. The molecule has 2 aromatic carbocycles. The van der Waals surface area contributed by atoms with E-state index >= 15 is 0 Å². The number of urea groups is 1. The van der Waals surface area contributed by atoms with Gasteiger partial charge in [-0.3, -0.25) is 0 Å². The first kappa shape index (κ1) is 24.5. The molecule has 11 heteroatoms. The maximum absolute atomic E-state index is 14.6. The minimum absolute atomic E-state index is 0.0431. The fraction of sp³-hybridized carbons (Fsp3) is 0.440. The standard InChI is InChI=1S/C25H25F5N4O2/c26-16-3-4-18-19(13-16)32-21(31-18)20(11-14-1-2-15(12-17(14)27)25(28,29)30)33-22(35)34-23-5-8-24(36,9-6-23)10-7-23/h1-4,12-13,20,36H,5-11H2,(H,31,32)(H2,33,34,35). The summed E-state index contributed by atoms with van der Waals surface area (Å²) in [5, 5.41) is 16.2. The molecule has 0 spiro atoms. The van der Waals surface area contributed by atoms with E-state index < -0.39 is 46.6 Å². The highest BCUT2D eigenvalue weighted by atomic mass is 19.4. The smallest absolute Gasteiger partial charge is 0.390 e. The average Bonchev–Trinajstić information content (AvgIpc) is 3.23. The van der Waals surface area contributed by atoms with Gasteiger partial charge >= 0.3 is 12.2 Å². The van der Waals surface area contributed by atoms with Crippen LogP contribution in [0.5, 0.6) is 0 Å². The number of rotatable bonds is 5. The fourth-order valence-electron chi connectivity index (χ4n) is 5.28. The lowest BCUT2D eigenvalue weighted by Crippen LogP contribution is -2.60. The van der Waals surface area contributed by atoms with Crippen molar-refractivity contribution < 1.29 is 31.9 Å². The van der Waals surface area contributed by atoms with E-state index in [1.807, 2.05) is 0 Å². The molecule has 192 valence electrons. The second-order valence-corrected chi connectivity index (χ2v) is 9.95. The van der Waals surface area contributed by atoms with Crippen LogP contribution in [-0.2, 0) is 12.6 Å². The number of imidazole rings is 1. The molecule has 1 unspecified atom stereocenters. The van der Waals surface area contributed by atoms with Crippen LogP contribution in [0.4, 0.5) is 26.7 Å². The SMILES string of the molecule is O=C(NC(Cc1ccc(C(F)(F)F)cc1F)c1nc2cc(F)ccc2[nH]1)NC12CCC(O)(CC1)CC2. The van der Waals surface area contributed by atoms with E-state index in [2.05, 4.69) is 20.6 Å². The Balaban J connectivity index is 1.40. The van der Waals surface area contributed by atoms with Gasteiger partial charge in [0.25, 0.3) is 0 Å². The Morgan fingerprint density at radius 3 is 2.39 bits per heavy atom. The Bertz CT molecular complexity index is 1280. The summed E-state index contributed by atoms with van der Waals surface area (Å²) in [6, 6.07) is 4.68. The van der Waals surface area contributed by atoms with Crippen LogP contribution in [0.3, 0.4) is 0 Å². The second kappa shape index (κ2) is 8.72. The number of hydrogen-bond acceptors (Lipinski definition) is 3. The summed E-state index contributed by atoms with van der Waals surface area (Å²) in [5.74, 6) is -1.36. The van der Waals surface area contributed by atoms with Gasteiger partial charge in [-0.2, -0.15) is 13.2 Å². The molecule has 1 heterocycles. The number of aliphatic hydroxyl groups is 1. The number of hydrogen-bond donors (Lipinski definition) is 4. The van der Waals surface area contributed by atoms with E-state index in [1.54, 1.807) is 0 Å². The Kier molecular flexibility index (Phi) is 5.93. The molecule has 1 atom stereocenters. The Morgan fingerprint density at radius 2 is 1.75 bits per heavy atom. The van der Waals surface area contributed by atoms with Gasteiger partial charge < -0.3 is 20.7 Å². The maximum atomic E-state index is 14.6. The van der Waals surface area contributed by atoms with Crippen LogP contribution in [0, 0.1) is 11.6 Å². The first-order valence-electron chi connectivity index (χ1n) is 11.8. The Labute approximate surface area is 203 Å². The Hall–Kier alpha value is -3.21. The highest BCUT2D eigenvalue weighted by molar-refractivity contribution is 5.77. The molecule has 6 nitrogen and oxygen atoms in total. The van der Waals surface area contributed by atoms with Crippen LogP contribution in [0.2, 0.25) is 0 Å². The monoisotopic (exact) mass is 508 g/mol. The third kappa shape index (κ3) is 4.88. The first-order valence-corrected chi connectivity index (χ1v) is 11.8. The summed E-state index contributed by atoms with van der Waals surface area (Å²) in [6.07, 6.45) is -1.25. The van der Waals surface area contributed by atoms with Gasteiger partial charge in [-0.05, 0) is 68.4 Å². The van der Waals surface area contributed by atoms with Crippen molar-refractivity contribution in [2.75, 3.05) is 0 Å². The Morgan fingerprint density at radius 1 is 1.06 bits per heavy atom. The second-order valence-electron chi connectivity index (χ2n) is 9.95. The molecule has 1 aromatic heterocycles. The minimum Gasteiger partial charge on any atom is -0.390 e. The third-order valence-corrected chi connectivity index (χ3v) is 7.49. The molecular weight excluding hydrogens is 483 g/mol. The number of halogens is 5. The molecule has 3 aliphatic rings. The van der Waals surface area contributed by atoms with Gasteiger partial charge in [0.05, 0.1) is 28.2 Å². The van der Waals surface area contributed by atoms with Crippen molar-refractivity contribution in [2.45, 2.75) is 68.3 Å². The number of amides is 2. The maximum Gasteiger partial charge on any atom is 0.416 e. The summed E-state index contributed by atoms with van der Waals surface area (Å²) < 4.78 is 67.2. The van der Waals surface area contributed by atoms with E-state index in [0.717, 1.165) is 12.1 Å². The van der Waals surface area contributed by atoms with Gasteiger partial charge in [-0.15, -0.1) is 0 Å². The fourth-order valence-corrected chi connectivity index (χ4v) is 5.28. The van der Waals surface area contributed by atoms with Crippen molar-refractivity contribution in [1.82, 2.24) is 20.6 Å². The molecule has 0 radical (unpaired) electrons. The van der Waals surface area contributed by atoms with Crippen molar-refractivity contribution in [3.8, 4) is 0 Å². The van der Waals surface area contributed by atoms with E-state index in [9.17, 15) is 31.9 Å². The minimum atomic E-state index is -4.69. The predicted octanol–water partition coefficient (Wildman–Crippen LogP) is 5.28. The van der Waals surface area contributed by atoms with Gasteiger partial charge in [0.2, 0.25) is 0 Å². The van der Waals surface area contributed by atoms with Crippen LogP contribution in [0.25, 0.3) is 11.0 Å². The molecule has 2 bridgehead atoms. The highest BCUT2D eigenvalue weighted by Gasteiger charge is 2.48. The van der Waals surface area contributed by atoms with Crippen molar-refractivity contribution in [2.24, 2.45) is 0 Å². The number of carbonyl (C=O) groups is 1. The van der Waals surface area contributed by atoms with E-state index in [-0.39, 0.29) is 17.8 Å². The molecule has 3 fully saturated rings. The highest BCUT2D eigenvalue weighted by Crippen LogP contribution is 2.46. The van der Waals surface area contributed by atoms with E-state index in [4.69, 9.17) is 0 Å². The van der Waals surface area contributed by atoms with Gasteiger partial charge in [-0.1, -0.05) is 6.07 Å². The molecule has 6 rings (SSSR count). The predicted molar refractivity (Wildman–Crippen MR) is 121 cm³/mol. The van der Waals surface area contributed by atoms with E-state index in [0.29, 0.717) is 55.6 Å². The summed E-state index contributed by atoms with van der Waals surface area (Å²) in [4.78, 5) is 20.4. The lowest BCUT2D eigenvalue weighted by molar-refractivity contribution is -0.137. The summed E-state index contributed by atoms with van der Waals surface area (Å²) >= 11 is 0. The zero-order valence-corrected chi connectivity index (χ0v) is 19.2. The number of alkyl halides is 3. The van der Waals surface area contributed by atoms with E-state index in [1.165, 1.54) is 18.2 Å².